The number of rotatable bonds is 4. The molecule has 1 fully saturated rings. The monoisotopic (exact) mass is 437 g/mol. The zero-order chi connectivity index (χ0) is 18.7. The molecule has 2 amide bonds. The van der Waals surface area contributed by atoms with E-state index in [0.717, 1.165) is 25.9 Å². The van der Waals surface area contributed by atoms with Crippen LogP contribution in [0.4, 0.5) is 16.2 Å². The Hall–Kier alpha value is -2.06. The third-order valence-electron chi connectivity index (χ3n) is 4.25. The number of nitrogens with zero attached hydrogens (tertiary/aromatic N) is 1. The first-order chi connectivity index (χ1) is 12.4. The van der Waals surface area contributed by atoms with Crippen LogP contribution in [0.5, 0.6) is 0 Å². The molecule has 1 saturated heterocycles. The van der Waals surface area contributed by atoms with Gasteiger partial charge in [0.1, 0.15) is 0 Å². The number of anilines is 2. The number of para-hydroxylation sites is 2. The van der Waals surface area contributed by atoms with Gasteiger partial charge in [0.2, 0.25) is 0 Å². The second-order valence-electron chi connectivity index (χ2n) is 6.19. The SMILES string of the molecule is Cc1ccc(Br)cc1S(=O)(=O)Nc1ccccc1NC(=O)N1CCCC1. The zero-order valence-electron chi connectivity index (χ0n) is 14.3. The summed E-state index contributed by atoms with van der Waals surface area (Å²) in [5, 5.41) is 2.80. The molecule has 1 aliphatic heterocycles. The number of amides is 2. The van der Waals surface area contributed by atoms with Crippen molar-refractivity contribution < 1.29 is 13.2 Å². The molecule has 138 valence electrons. The molecule has 0 bridgehead atoms. The van der Waals surface area contributed by atoms with Crippen LogP contribution in [-0.2, 0) is 10.0 Å². The van der Waals surface area contributed by atoms with Crippen molar-refractivity contribution in [1.29, 1.82) is 0 Å². The molecule has 0 spiro atoms. The van der Waals surface area contributed by atoms with Crippen LogP contribution in [0.15, 0.2) is 51.8 Å². The van der Waals surface area contributed by atoms with Crippen molar-refractivity contribution in [2.75, 3.05) is 23.1 Å². The lowest BCUT2D eigenvalue weighted by Crippen LogP contribution is -2.32. The number of sulfonamides is 1. The number of carbonyl (C=O) groups is 1. The molecule has 0 radical (unpaired) electrons. The molecule has 0 atom stereocenters. The van der Waals surface area contributed by atoms with Gasteiger partial charge in [-0.15, -0.1) is 0 Å². The highest BCUT2D eigenvalue weighted by Crippen LogP contribution is 2.27. The summed E-state index contributed by atoms with van der Waals surface area (Å²) < 4.78 is 28.9. The number of halogens is 1. The summed E-state index contributed by atoms with van der Waals surface area (Å²) in [5.74, 6) is 0. The molecular formula is C18H20BrN3O3S. The molecular weight excluding hydrogens is 418 g/mol. The largest absolute Gasteiger partial charge is 0.325 e. The summed E-state index contributed by atoms with van der Waals surface area (Å²) in [6.45, 7) is 3.18. The Bertz CT molecular complexity index is 925. The van der Waals surface area contributed by atoms with E-state index in [2.05, 4.69) is 26.0 Å². The molecule has 2 aromatic carbocycles. The van der Waals surface area contributed by atoms with Gasteiger partial charge >= 0.3 is 6.03 Å². The lowest BCUT2D eigenvalue weighted by Gasteiger charge is -2.19. The first-order valence-corrected chi connectivity index (χ1v) is 10.6. The van der Waals surface area contributed by atoms with Crippen LogP contribution in [0.1, 0.15) is 18.4 Å². The predicted molar refractivity (Wildman–Crippen MR) is 106 cm³/mol. The molecule has 2 aromatic rings. The number of carbonyl (C=O) groups excluding carboxylic acids is 1. The third kappa shape index (κ3) is 4.19. The maximum Gasteiger partial charge on any atom is 0.321 e. The van der Waals surface area contributed by atoms with Crippen LogP contribution in [0.25, 0.3) is 0 Å². The van der Waals surface area contributed by atoms with Gasteiger partial charge in [-0.2, -0.15) is 0 Å². The summed E-state index contributed by atoms with van der Waals surface area (Å²) >= 11 is 3.30. The van der Waals surface area contributed by atoms with E-state index in [1.165, 1.54) is 0 Å². The summed E-state index contributed by atoms with van der Waals surface area (Å²) in [5.41, 5.74) is 1.40. The second kappa shape index (κ2) is 7.67. The van der Waals surface area contributed by atoms with Crippen LogP contribution >= 0.6 is 15.9 Å². The van der Waals surface area contributed by atoms with Crippen molar-refractivity contribution in [3.8, 4) is 0 Å². The minimum absolute atomic E-state index is 0.188. The predicted octanol–water partition coefficient (Wildman–Crippen LogP) is 4.19. The minimum Gasteiger partial charge on any atom is -0.325 e. The molecule has 1 aliphatic rings. The summed E-state index contributed by atoms with van der Waals surface area (Å²) in [6.07, 6.45) is 1.98. The van der Waals surface area contributed by atoms with E-state index in [1.807, 2.05) is 0 Å². The standard InChI is InChI=1S/C18H20BrN3O3S/c1-13-8-9-14(19)12-17(13)26(24,25)21-16-7-3-2-6-15(16)20-18(23)22-10-4-5-11-22/h2-3,6-9,12,21H,4-5,10-11H2,1H3,(H,20,23). The Morgan fingerprint density at radius 3 is 2.42 bits per heavy atom. The molecule has 0 saturated carbocycles. The van der Waals surface area contributed by atoms with Gasteiger partial charge < -0.3 is 10.2 Å². The molecule has 8 heteroatoms. The number of likely N-dealkylation sites (tertiary alicyclic amines) is 1. The fourth-order valence-electron chi connectivity index (χ4n) is 2.86. The van der Waals surface area contributed by atoms with E-state index < -0.39 is 10.0 Å². The minimum atomic E-state index is -3.79. The summed E-state index contributed by atoms with van der Waals surface area (Å²) in [4.78, 5) is 14.2. The van der Waals surface area contributed by atoms with Gasteiger partial charge in [-0.05, 0) is 49.6 Å². The van der Waals surface area contributed by atoms with Crippen LogP contribution in [0.3, 0.4) is 0 Å². The fourth-order valence-corrected chi connectivity index (χ4v) is 4.72. The van der Waals surface area contributed by atoms with Crippen LogP contribution in [-0.4, -0.2) is 32.4 Å². The van der Waals surface area contributed by atoms with Crippen molar-refractivity contribution >= 4 is 43.4 Å². The Kier molecular flexibility index (Phi) is 5.52. The number of nitrogens with one attached hydrogen (secondary N) is 2. The van der Waals surface area contributed by atoms with Crippen molar-refractivity contribution in [2.24, 2.45) is 0 Å². The van der Waals surface area contributed by atoms with E-state index in [1.54, 1.807) is 54.3 Å². The molecule has 2 N–H and O–H groups in total. The van der Waals surface area contributed by atoms with Crippen molar-refractivity contribution in [3.05, 3.63) is 52.5 Å². The van der Waals surface area contributed by atoms with Crippen LogP contribution in [0.2, 0.25) is 0 Å². The molecule has 26 heavy (non-hydrogen) atoms. The third-order valence-corrected chi connectivity index (χ3v) is 6.25. The Morgan fingerprint density at radius 1 is 1.08 bits per heavy atom. The normalized spacial score (nSPS) is 14.3. The highest BCUT2D eigenvalue weighted by Gasteiger charge is 2.21. The molecule has 1 heterocycles. The number of benzene rings is 2. The lowest BCUT2D eigenvalue weighted by atomic mass is 10.2. The maximum atomic E-state index is 12.8. The molecule has 0 unspecified atom stereocenters. The first-order valence-electron chi connectivity index (χ1n) is 8.31. The van der Waals surface area contributed by atoms with Gasteiger partial charge in [0, 0.05) is 17.6 Å². The van der Waals surface area contributed by atoms with E-state index in [-0.39, 0.29) is 10.9 Å². The number of hydrogen-bond donors (Lipinski definition) is 2. The van der Waals surface area contributed by atoms with E-state index in [0.29, 0.717) is 21.4 Å². The Labute approximate surface area is 161 Å². The van der Waals surface area contributed by atoms with E-state index >= 15 is 0 Å². The number of urea groups is 1. The highest BCUT2D eigenvalue weighted by molar-refractivity contribution is 9.10. The lowest BCUT2D eigenvalue weighted by molar-refractivity contribution is 0.222. The van der Waals surface area contributed by atoms with Crippen LogP contribution in [0, 0.1) is 6.92 Å². The maximum absolute atomic E-state index is 12.8. The van der Waals surface area contributed by atoms with Gasteiger partial charge in [0.25, 0.3) is 10.0 Å². The Balaban J connectivity index is 1.85. The van der Waals surface area contributed by atoms with E-state index in [4.69, 9.17) is 0 Å². The molecule has 0 aliphatic carbocycles. The first kappa shape index (κ1) is 18.7. The van der Waals surface area contributed by atoms with Gasteiger partial charge in [0.05, 0.1) is 16.3 Å². The number of aryl methyl sites for hydroxylation is 1. The van der Waals surface area contributed by atoms with Crippen molar-refractivity contribution in [3.63, 3.8) is 0 Å². The highest BCUT2D eigenvalue weighted by atomic mass is 79.9. The summed E-state index contributed by atoms with van der Waals surface area (Å²) in [7, 11) is -3.79. The van der Waals surface area contributed by atoms with Gasteiger partial charge in [-0.25, -0.2) is 13.2 Å². The smallest absolute Gasteiger partial charge is 0.321 e. The van der Waals surface area contributed by atoms with Crippen molar-refractivity contribution in [2.45, 2.75) is 24.7 Å². The second-order valence-corrected chi connectivity index (χ2v) is 8.75. The quantitative estimate of drug-likeness (QED) is 0.752. The average Bonchev–Trinajstić information content (AvgIpc) is 3.13. The van der Waals surface area contributed by atoms with Gasteiger partial charge in [0.15, 0.2) is 0 Å². The number of hydrogen-bond acceptors (Lipinski definition) is 3. The average molecular weight is 438 g/mol. The van der Waals surface area contributed by atoms with E-state index in [9.17, 15) is 13.2 Å². The topological polar surface area (TPSA) is 78.5 Å². The molecule has 3 rings (SSSR count). The summed E-state index contributed by atoms with van der Waals surface area (Å²) in [6, 6.07) is 11.7. The van der Waals surface area contributed by atoms with Gasteiger partial charge in [-0.3, -0.25) is 4.72 Å². The van der Waals surface area contributed by atoms with Crippen LogP contribution < -0.4 is 10.0 Å². The molecule has 6 nitrogen and oxygen atoms in total. The zero-order valence-corrected chi connectivity index (χ0v) is 16.7. The Morgan fingerprint density at radius 2 is 1.73 bits per heavy atom. The van der Waals surface area contributed by atoms with Gasteiger partial charge in [-0.1, -0.05) is 34.1 Å². The van der Waals surface area contributed by atoms with Crippen molar-refractivity contribution in [1.82, 2.24) is 4.90 Å². The fraction of sp³-hybridized carbons (Fsp3) is 0.278. The molecule has 0 aromatic heterocycles.